The number of aromatic amines is 1. The second-order valence-electron chi connectivity index (χ2n) is 9.52. The molecular formula is C27H26FN7. The van der Waals surface area contributed by atoms with Gasteiger partial charge in [0.05, 0.1) is 16.8 Å². The minimum Gasteiger partial charge on any atom is -0.346 e. The highest BCUT2D eigenvalue weighted by Crippen LogP contribution is 2.45. The van der Waals surface area contributed by atoms with E-state index >= 15 is 4.39 Å². The van der Waals surface area contributed by atoms with Crippen LogP contribution >= 0.6 is 0 Å². The summed E-state index contributed by atoms with van der Waals surface area (Å²) in [6.45, 7) is 1.02. The molecule has 0 radical (unpaired) electrons. The summed E-state index contributed by atoms with van der Waals surface area (Å²) in [5.74, 6) is 1.17. The third-order valence-corrected chi connectivity index (χ3v) is 6.78. The Morgan fingerprint density at radius 1 is 1.03 bits per heavy atom. The van der Waals surface area contributed by atoms with E-state index in [0.717, 1.165) is 36.1 Å². The van der Waals surface area contributed by atoms with Crippen molar-refractivity contribution < 1.29 is 4.39 Å². The predicted molar refractivity (Wildman–Crippen MR) is 136 cm³/mol. The number of aromatic nitrogens is 5. The Bertz CT molecular complexity index is 1510. The van der Waals surface area contributed by atoms with Crippen LogP contribution in [0.25, 0.3) is 33.3 Å². The second-order valence-corrected chi connectivity index (χ2v) is 9.52. The molecule has 1 aliphatic carbocycles. The molecule has 1 fully saturated rings. The summed E-state index contributed by atoms with van der Waals surface area (Å²) in [4.78, 5) is 23.2. The van der Waals surface area contributed by atoms with Gasteiger partial charge in [0.15, 0.2) is 5.82 Å². The van der Waals surface area contributed by atoms with Crippen molar-refractivity contribution in [3.8, 4) is 11.4 Å². The third-order valence-electron chi connectivity index (χ3n) is 6.78. The van der Waals surface area contributed by atoms with Crippen molar-refractivity contribution >= 4 is 33.4 Å². The van der Waals surface area contributed by atoms with Gasteiger partial charge in [-0.25, -0.2) is 19.3 Å². The van der Waals surface area contributed by atoms with Gasteiger partial charge in [-0.05, 0) is 80.7 Å². The van der Waals surface area contributed by atoms with Crippen molar-refractivity contribution in [1.29, 1.82) is 0 Å². The van der Waals surface area contributed by atoms with Gasteiger partial charge in [0.1, 0.15) is 23.3 Å². The number of pyridine rings is 2. The molecule has 4 aromatic heterocycles. The van der Waals surface area contributed by atoms with Gasteiger partial charge < -0.3 is 15.2 Å². The first kappa shape index (κ1) is 21.6. The fourth-order valence-electron chi connectivity index (χ4n) is 5.09. The van der Waals surface area contributed by atoms with Crippen molar-refractivity contribution in [2.24, 2.45) is 5.92 Å². The Hall–Kier alpha value is -3.91. The summed E-state index contributed by atoms with van der Waals surface area (Å²) >= 11 is 0. The van der Waals surface area contributed by atoms with E-state index in [1.165, 1.54) is 6.33 Å². The van der Waals surface area contributed by atoms with Gasteiger partial charge in [-0.2, -0.15) is 0 Å². The number of rotatable bonds is 6. The number of H-pyrrole nitrogens is 1. The summed E-state index contributed by atoms with van der Waals surface area (Å²) in [7, 11) is 4.16. The van der Waals surface area contributed by atoms with Gasteiger partial charge in [-0.15, -0.1) is 0 Å². The summed E-state index contributed by atoms with van der Waals surface area (Å²) in [5.41, 5.74) is 3.95. The Morgan fingerprint density at radius 3 is 2.71 bits per heavy atom. The van der Waals surface area contributed by atoms with Crippen molar-refractivity contribution in [2.75, 3.05) is 26.0 Å². The number of hydrogen-bond donors (Lipinski definition) is 2. The number of anilines is 2. The minimum atomic E-state index is -0.244. The maximum absolute atomic E-state index is 16.0. The molecule has 0 amide bonds. The Kier molecular flexibility index (Phi) is 5.37. The van der Waals surface area contributed by atoms with Crippen molar-refractivity contribution in [2.45, 2.75) is 18.8 Å². The lowest BCUT2D eigenvalue weighted by Gasteiger charge is -2.37. The highest BCUT2D eigenvalue weighted by atomic mass is 19.1. The van der Waals surface area contributed by atoms with Crippen LogP contribution in [0.4, 0.5) is 15.9 Å². The van der Waals surface area contributed by atoms with Crippen LogP contribution in [-0.4, -0.2) is 50.5 Å². The zero-order valence-corrected chi connectivity index (χ0v) is 19.7. The second kappa shape index (κ2) is 8.70. The Balaban J connectivity index is 1.46. The van der Waals surface area contributed by atoms with Gasteiger partial charge in [0.25, 0.3) is 0 Å². The molecule has 2 N–H and O–H groups in total. The Morgan fingerprint density at radius 2 is 1.91 bits per heavy atom. The van der Waals surface area contributed by atoms with Crippen LogP contribution < -0.4 is 5.32 Å². The molecule has 35 heavy (non-hydrogen) atoms. The van der Waals surface area contributed by atoms with Gasteiger partial charge in [-0.1, -0.05) is 6.07 Å². The first-order chi connectivity index (χ1) is 17.1. The number of benzene rings is 1. The first-order valence-electron chi connectivity index (χ1n) is 11.8. The number of halogens is 1. The molecule has 0 atom stereocenters. The Labute approximate surface area is 202 Å². The van der Waals surface area contributed by atoms with Gasteiger partial charge in [0.2, 0.25) is 0 Å². The van der Waals surface area contributed by atoms with E-state index < -0.39 is 0 Å². The molecule has 4 heterocycles. The lowest BCUT2D eigenvalue weighted by Crippen LogP contribution is -2.31. The monoisotopic (exact) mass is 467 g/mol. The lowest BCUT2D eigenvalue weighted by atomic mass is 9.71. The molecule has 6 rings (SSSR count). The number of hydrogen-bond acceptors (Lipinski definition) is 6. The fraction of sp³-hybridized carbons (Fsp3) is 0.259. The first-order valence-corrected chi connectivity index (χ1v) is 11.8. The van der Waals surface area contributed by atoms with Crippen LogP contribution in [0.2, 0.25) is 0 Å². The zero-order chi connectivity index (χ0) is 23.9. The largest absolute Gasteiger partial charge is 0.346 e. The van der Waals surface area contributed by atoms with Crippen LogP contribution in [0.15, 0.2) is 61.2 Å². The van der Waals surface area contributed by atoms with E-state index in [1.807, 2.05) is 48.7 Å². The van der Waals surface area contributed by atoms with Crippen LogP contribution in [-0.2, 0) is 0 Å². The minimum absolute atomic E-state index is 0.169. The number of nitrogens with one attached hydrogen (secondary N) is 2. The summed E-state index contributed by atoms with van der Waals surface area (Å²) in [6.07, 6.45) is 7.00. The summed E-state index contributed by atoms with van der Waals surface area (Å²) in [5, 5.41) is 5.03. The molecule has 0 aliphatic heterocycles. The van der Waals surface area contributed by atoms with E-state index in [2.05, 4.69) is 44.2 Å². The van der Waals surface area contributed by atoms with E-state index in [1.54, 1.807) is 6.20 Å². The van der Waals surface area contributed by atoms with Crippen molar-refractivity contribution in [3.63, 3.8) is 0 Å². The van der Waals surface area contributed by atoms with Crippen LogP contribution in [0.5, 0.6) is 0 Å². The summed E-state index contributed by atoms with van der Waals surface area (Å²) < 4.78 is 16.0. The maximum atomic E-state index is 16.0. The van der Waals surface area contributed by atoms with Crippen LogP contribution in [0.3, 0.4) is 0 Å². The standard InChI is InChI=1S/C27H26FN7/c1-35(2)14-16-11-17(12-16)20-13-23(34-27-19-8-10-30-26(19)31-15-32-27)18-6-7-22(33-25(18)24(20)28)21-5-3-4-9-29-21/h3-10,13,15-17H,11-12,14H2,1-2H3,(H2,30,31,32,34). The number of fused-ring (bicyclic) bond motifs is 2. The van der Waals surface area contributed by atoms with E-state index in [-0.39, 0.29) is 11.7 Å². The van der Waals surface area contributed by atoms with E-state index in [4.69, 9.17) is 4.98 Å². The maximum Gasteiger partial charge on any atom is 0.153 e. The predicted octanol–water partition coefficient (Wildman–Crippen LogP) is 5.51. The lowest BCUT2D eigenvalue weighted by molar-refractivity contribution is 0.197. The molecule has 8 heteroatoms. The molecule has 7 nitrogen and oxygen atoms in total. The van der Waals surface area contributed by atoms with E-state index in [9.17, 15) is 0 Å². The molecular weight excluding hydrogens is 441 g/mol. The molecule has 176 valence electrons. The van der Waals surface area contributed by atoms with Crippen LogP contribution in [0, 0.1) is 11.7 Å². The van der Waals surface area contributed by atoms with E-state index in [0.29, 0.717) is 39.6 Å². The smallest absolute Gasteiger partial charge is 0.153 e. The van der Waals surface area contributed by atoms with Crippen molar-refractivity contribution in [1.82, 2.24) is 29.8 Å². The summed E-state index contributed by atoms with van der Waals surface area (Å²) in [6, 6.07) is 13.3. The molecule has 1 aliphatic rings. The van der Waals surface area contributed by atoms with Gasteiger partial charge in [0, 0.05) is 30.0 Å². The quantitative estimate of drug-likeness (QED) is 0.343. The highest BCUT2D eigenvalue weighted by molar-refractivity contribution is 5.98. The average Bonchev–Trinajstić information content (AvgIpc) is 3.33. The molecule has 1 saturated carbocycles. The third kappa shape index (κ3) is 4.00. The van der Waals surface area contributed by atoms with Gasteiger partial charge in [-0.3, -0.25) is 4.98 Å². The normalized spacial score (nSPS) is 17.7. The fourth-order valence-corrected chi connectivity index (χ4v) is 5.09. The van der Waals surface area contributed by atoms with Gasteiger partial charge >= 0.3 is 0 Å². The zero-order valence-electron chi connectivity index (χ0n) is 19.7. The molecule has 0 spiro atoms. The SMILES string of the molecule is CN(C)CC1CC(c2cc(Nc3ncnc4[nH]ccc34)c3ccc(-c4ccccn4)nc3c2F)C1. The van der Waals surface area contributed by atoms with Crippen molar-refractivity contribution in [3.05, 3.63) is 72.6 Å². The van der Waals surface area contributed by atoms with Crippen LogP contribution in [0.1, 0.15) is 24.3 Å². The highest BCUT2D eigenvalue weighted by Gasteiger charge is 2.33. The average molecular weight is 468 g/mol. The molecule has 1 aromatic carbocycles. The molecule has 0 unspecified atom stereocenters. The topological polar surface area (TPSA) is 82.6 Å². The molecule has 5 aromatic rings. The molecule has 0 bridgehead atoms. The number of nitrogens with zero attached hydrogens (tertiary/aromatic N) is 5. The molecule has 0 saturated heterocycles.